The van der Waals surface area contributed by atoms with Crippen molar-refractivity contribution in [3.63, 3.8) is 0 Å². The molecule has 4 nitrogen and oxygen atoms in total. The lowest BCUT2D eigenvalue weighted by atomic mass is 9.91. The van der Waals surface area contributed by atoms with E-state index in [1.54, 1.807) is 18.5 Å². The fraction of sp³-hybridized carbons (Fsp3) is 0.370. The van der Waals surface area contributed by atoms with Crippen LogP contribution in [0.25, 0.3) is 11.1 Å². The lowest BCUT2D eigenvalue weighted by Crippen LogP contribution is -2.45. The fourth-order valence-corrected chi connectivity index (χ4v) is 4.42. The van der Waals surface area contributed by atoms with E-state index in [4.69, 9.17) is 0 Å². The van der Waals surface area contributed by atoms with Gasteiger partial charge in [-0.25, -0.2) is 0 Å². The molecule has 0 spiro atoms. The molecular weight excluding hydrogens is 496 g/mol. The Morgan fingerprint density at radius 2 is 1.30 bits per heavy atom. The first-order chi connectivity index (χ1) is 17.3. The second-order valence-corrected chi connectivity index (χ2v) is 9.43. The Balaban J connectivity index is 1.47. The maximum atomic E-state index is 14.0. The molecule has 1 unspecified atom stereocenters. The second kappa shape index (κ2) is 10.4. The predicted molar refractivity (Wildman–Crippen MR) is 127 cm³/mol. The molecule has 1 saturated heterocycles. The lowest BCUT2D eigenvalue weighted by Gasteiger charge is -2.34. The molecule has 2 aromatic carbocycles. The molecule has 1 atom stereocenters. The van der Waals surface area contributed by atoms with Gasteiger partial charge < -0.3 is 5.11 Å². The smallest absolute Gasteiger partial charge is 0.376 e. The van der Waals surface area contributed by atoms with Crippen molar-refractivity contribution in [2.24, 2.45) is 0 Å². The molecule has 3 aromatic rings. The van der Waals surface area contributed by atoms with Crippen LogP contribution in [-0.4, -0.2) is 52.2 Å². The van der Waals surface area contributed by atoms with Gasteiger partial charge in [-0.2, -0.15) is 26.3 Å². The van der Waals surface area contributed by atoms with Crippen molar-refractivity contribution in [1.29, 1.82) is 0 Å². The molecule has 37 heavy (non-hydrogen) atoms. The van der Waals surface area contributed by atoms with Crippen LogP contribution in [0.2, 0.25) is 0 Å². The molecule has 10 heteroatoms. The van der Waals surface area contributed by atoms with Gasteiger partial charge in [0.1, 0.15) is 0 Å². The van der Waals surface area contributed by atoms with Crippen LogP contribution >= 0.6 is 0 Å². The van der Waals surface area contributed by atoms with Crippen molar-refractivity contribution in [2.75, 3.05) is 26.2 Å². The number of piperazine rings is 1. The molecule has 0 aliphatic carbocycles. The predicted octanol–water partition coefficient (Wildman–Crippen LogP) is 5.86. The van der Waals surface area contributed by atoms with Gasteiger partial charge in [0.2, 0.25) is 0 Å². The van der Waals surface area contributed by atoms with Crippen molar-refractivity contribution < 1.29 is 31.4 Å². The lowest BCUT2D eigenvalue weighted by molar-refractivity contribution is -0.258. The standard InChI is InChI=1S/C27H27F6N3O/c1-25(37,27(31,32)33)22-5-3-21(4-6-22)23-7-2-20(16-24(23)26(28,29)30)18-36-14-12-35(13-15-36)17-19-8-10-34-11-9-19/h2-11,16,37H,12-15,17-18H2,1H3. The molecule has 1 N–H and O–H groups in total. The topological polar surface area (TPSA) is 39.6 Å². The van der Waals surface area contributed by atoms with Gasteiger partial charge in [-0.1, -0.05) is 36.4 Å². The molecule has 0 radical (unpaired) electrons. The first-order valence-electron chi connectivity index (χ1n) is 11.8. The van der Waals surface area contributed by atoms with Gasteiger partial charge in [0, 0.05) is 51.7 Å². The highest BCUT2D eigenvalue weighted by atomic mass is 19.4. The zero-order valence-corrected chi connectivity index (χ0v) is 20.2. The van der Waals surface area contributed by atoms with E-state index in [0.717, 1.165) is 56.5 Å². The highest BCUT2D eigenvalue weighted by Gasteiger charge is 2.51. The van der Waals surface area contributed by atoms with E-state index in [1.165, 1.54) is 18.2 Å². The normalized spacial score (nSPS) is 17.5. The summed E-state index contributed by atoms with van der Waals surface area (Å²) in [6.45, 7) is 4.78. The number of hydrogen-bond acceptors (Lipinski definition) is 4. The summed E-state index contributed by atoms with van der Waals surface area (Å²) in [5.41, 5.74) is -2.75. The molecule has 1 fully saturated rings. The highest BCUT2D eigenvalue weighted by molar-refractivity contribution is 5.69. The monoisotopic (exact) mass is 523 g/mol. The minimum absolute atomic E-state index is 0.116. The van der Waals surface area contributed by atoms with Crippen molar-refractivity contribution in [3.05, 3.63) is 89.2 Å². The van der Waals surface area contributed by atoms with Crippen LogP contribution in [0, 0.1) is 0 Å². The third-order valence-electron chi connectivity index (χ3n) is 6.73. The van der Waals surface area contributed by atoms with Crippen molar-refractivity contribution in [3.8, 4) is 11.1 Å². The van der Waals surface area contributed by atoms with E-state index in [-0.39, 0.29) is 11.1 Å². The quantitative estimate of drug-likeness (QED) is 0.412. The molecular formula is C27H27F6N3O. The second-order valence-electron chi connectivity index (χ2n) is 9.43. The molecule has 2 heterocycles. The van der Waals surface area contributed by atoms with Crippen molar-refractivity contribution in [1.82, 2.24) is 14.8 Å². The average molecular weight is 524 g/mol. The maximum absolute atomic E-state index is 14.0. The van der Waals surface area contributed by atoms with Crippen LogP contribution in [0.3, 0.4) is 0 Å². The van der Waals surface area contributed by atoms with E-state index < -0.39 is 29.1 Å². The Morgan fingerprint density at radius 3 is 1.81 bits per heavy atom. The van der Waals surface area contributed by atoms with Gasteiger partial charge in [-0.05, 0) is 52.9 Å². The minimum Gasteiger partial charge on any atom is -0.376 e. The summed E-state index contributed by atoms with van der Waals surface area (Å²) in [6, 6.07) is 12.3. The molecule has 1 aliphatic heterocycles. The van der Waals surface area contributed by atoms with Gasteiger partial charge in [0.25, 0.3) is 0 Å². The molecule has 198 valence electrons. The van der Waals surface area contributed by atoms with E-state index in [0.29, 0.717) is 19.0 Å². The van der Waals surface area contributed by atoms with Crippen LogP contribution in [0.4, 0.5) is 26.3 Å². The van der Waals surface area contributed by atoms with Gasteiger partial charge in [-0.3, -0.25) is 14.8 Å². The Labute approximate surface area is 211 Å². The Kier molecular flexibility index (Phi) is 7.64. The number of hydrogen-bond donors (Lipinski definition) is 1. The third kappa shape index (κ3) is 6.31. The number of benzene rings is 2. The number of aliphatic hydroxyl groups is 1. The molecule has 4 rings (SSSR count). The Bertz CT molecular complexity index is 1190. The van der Waals surface area contributed by atoms with Crippen LogP contribution < -0.4 is 0 Å². The minimum atomic E-state index is -4.92. The summed E-state index contributed by atoms with van der Waals surface area (Å²) in [5.74, 6) is 0. The number of aromatic nitrogens is 1. The summed E-state index contributed by atoms with van der Waals surface area (Å²) in [4.78, 5) is 8.40. The van der Waals surface area contributed by atoms with Crippen molar-refractivity contribution in [2.45, 2.75) is 38.0 Å². The van der Waals surface area contributed by atoms with Crippen LogP contribution in [0.5, 0.6) is 0 Å². The number of alkyl halides is 6. The van der Waals surface area contributed by atoms with Gasteiger partial charge in [0.15, 0.2) is 5.60 Å². The number of halogens is 6. The number of pyridine rings is 1. The molecule has 0 saturated carbocycles. The Morgan fingerprint density at radius 1 is 0.757 bits per heavy atom. The maximum Gasteiger partial charge on any atom is 0.421 e. The average Bonchev–Trinajstić information content (AvgIpc) is 2.85. The first kappa shape index (κ1) is 27.1. The largest absolute Gasteiger partial charge is 0.421 e. The van der Waals surface area contributed by atoms with Crippen LogP contribution in [-0.2, 0) is 24.9 Å². The van der Waals surface area contributed by atoms with Gasteiger partial charge >= 0.3 is 12.4 Å². The van der Waals surface area contributed by atoms with E-state index in [2.05, 4.69) is 14.8 Å². The molecule has 0 amide bonds. The zero-order valence-electron chi connectivity index (χ0n) is 20.2. The molecule has 1 aliphatic rings. The zero-order chi connectivity index (χ0) is 26.8. The number of rotatable bonds is 6. The van der Waals surface area contributed by atoms with Gasteiger partial charge in [0.05, 0.1) is 5.56 Å². The van der Waals surface area contributed by atoms with E-state index in [9.17, 15) is 31.4 Å². The first-order valence-corrected chi connectivity index (χ1v) is 11.8. The van der Waals surface area contributed by atoms with E-state index in [1.807, 2.05) is 12.1 Å². The third-order valence-corrected chi connectivity index (χ3v) is 6.73. The summed E-state index contributed by atoms with van der Waals surface area (Å²) in [5, 5.41) is 9.83. The van der Waals surface area contributed by atoms with Crippen LogP contribution in [0.1, 0.15) is 29.2 Å². The highest BCUT2D eigenvalue weighted by Crippen LogP contribution is 2.41. The van der Waals surface area contributed by atoms with Gasteiger partial charge in [-0.15, -0.1) is 0 Å². The molecule has 1 aromatic heterocycles. The Hall–Kier alpha value is -2.95. The summed E-state index contributed by atoms with van der Waals surface area (Å²) in [6.07, 6.45) is -6.08. The summed E-state index contributed by atoms with van der Waals surface area (Å²) in [7, 11) is 0. The van der Waals surface area contributed by atoms with Crippen molar-refractivity contribution >= 4 is 0 Å². The summed E-state index contributed by atoms with van der Waals surface area (Å²) < 4.78 is 81.2. The molecule has 0 bridgehead atoms. The van der Waals surface area contributed by atoms with E-state index >= 15 is 0 Å². The number of nitrogens with zero attached hydrogens (tertiary/aromatic N) is 3. The van der Waals surface area contributed by atoms with Crippen LogP contribution in [0.15, 0.2) is 67.0 Å². The fourth-order valence-electron chi connectivity index (χ4n) is 4.42. The summed E-state index contributed by atoms with van der Waals surface area (Å²) >= 11 is 0. The SMILES string of the molecule is CC(O)(c1ccc(-c2ccc(CN3CCN(Cc4ccncc4)CC3)cc2C(F)(F)F)cc1)C(F)(F)F.